The molecule has 4 heteroatoms. The van der Waals surface area contributed by atoms with E-state index in [1.54, 1.807) is 12.4 Å². The summed E-state index contributed by atoms with van der Waals surface area (Å²) in [4.78, 5) is 4.14. The molecule has 1 atom stereocenters. The Morgan fingerprint density at radius 3 is 2.72 bits per heavy atom. The molecule has 2 heterocycles. The Morgan fingerprint density at radius 1 is 1.33 bits per heavy atom. The molecule has 1 aromatic heterocycles. The van der Waals surface area contributed by atoms with Gasteiger partial charge in [-0.25, -0.2) is 0 Å². The molecule has 0 saturated carbocycles. The van der Waals surface area contributed by atoms with Crippen molar-refractivity contribution in [3.05, 3.63) is 24.0 Å². The predicted molar refractivity (Wildman–Crippen MR) is 68.5 cm³/mol. The van der Waals surface area contributed by atoms with Gasteiger partial charge in [0, 0.05) is 25.0 Å². The Morgan fingerprint density at radius 2 is 2.06 bits per heavy atom. The van der Waals surface area contributed by atoms with Crippen molar-refractivity contribution in [1.82, 2.24) is 4.98 Å². The number of ether oxygens (including phenoxy) is 2. The Bertz CT molecular complexity index is 375. The summed E-state index contributed by atoms with van der Waals surface area (Å²) < 4.78 is 10.9. The van der Waals surface area contributed by atoms with Gasteiger partial charge in [-0.1, -0.05) is 0 Å². The van der Waals surface area contributed by atoms with Crippen LogP contribution >= 0.6 is 0 Å². The van der Waals surface area contributed by atoms with Crippen LogP contribution in [0.3, 0.4) is 0 Å². The molecule has 18 heavy (non-hydrogen) atoms. The summed E-state index contributed by atoms with van der Waals surface area (Å²) in [5, 5.41) is 10.4. The molecule has 0 aliphatic carbocycles. The lowest BCUT2D eigenvalue weighted by Crippen LogP contribution is -2.22. The lowest BCUT2D eigenvalue weighted by molar-refractivity contribution is 0.00695. The first-order valence-electron chi connectivity index (χ1n) is 6.54. The summed E-state index contributed by atoms with van der Waals surface area (Å²) in [6.45, 7) is 5.41. The summed E-state index contributed by atoms with van der Waals surface area (Å²) in [5.41, 5.74) is 0.833. The molecule has 0 radical (unpaired) electrons. The molecule has 100 valence electrons. The maximum Gasteiger partial charge on any atom is 0.138 e. The van der Waals surface area contributed by atoms with Gasteiger partial charge in [0.2, 0.25) is 0 Å². The Labute approximate surface area is 108 Å². The fraction of sp³-hybridized carbons (Fsp3) is 0.643. The molecule has 0 bridgehead atoms. The first-order valence-corrected chi connectivity index (χ1v) is 6.54. The number of hydrogen-bond donors (Lipinski definition) is 1. The SMILES string of the molecule is CC(C)Oc1cncc(C(O)C2CCOCC2)c1. The highest BCUT2D eigenvalue weighted by molar-refractivity contribution is 5.25. The monoisotopic (exact) mass is 251 g/mol. The second-order valence-corrected chi connectivity index (χ2v) is 5.02. The van der Waals surface area contributed by atoms with Crippen LogP contribution in [0.2, 0.25) is 0 Å². The summed E-state index contributed by atoms with van der Waals surface area (Å²) in [6, 6.07) is 1.88. The molecular weight excluding hydrogens is 230 g/mol. The molecule has 2 rings (SSSR count). The van der Waals surface area contributed by atoms with Crippen LogP contribution in [0.25, 0.3) is 0 Å². The minimum atomic E-state index is -0.475. The van der Waals surface area contributed by atoms with Gasteiger partial charge in [-0.05, 0) is 38.7 Å². The van der Waals surface area contributed by atoms with Gasteiger partial charge in [-0.3, -0.25) is 4.98 Å². The molecule has 0 amide bonds. The van der Waals surface area contributed by atoms with E-state index in [-0.39, 0.29) is 12.0 Å². The predicted octanol–water partition coefficient (Wildman–Crippen LogP) is 2.33. The summed E-state index contributed by atoms with van der Waals surface area (Å²) in [6.07, 6.45) is 4.83. The van der Waals surface area contributed by atoms with E-state index >= 15 is 0 Å². The van der Waals surface area contributed by atoms with Crippen molar-refractivity contribution in [2.45, 2.75) is 38.9 Å². The number of aliphatic hydroxyl groups excluding tert-OH is 1. The maximum absolute atomic E-state index is 10.4. The topological polar surface area (TPSA) is 51.6 Å². The minimum Gasteiger partial charge on any atom is -0.489 e. The van der Waals surface area contributed by atoms with Crippen molar-refractivity contribution in [1.29, 1.82) is 0 Å². The van der Waals surface area contributed by atoms with Gasteiger partial charge in [-0.15, -0.1) is 0 Å². The third kappa shape index (κ3) is 3.43. The normalized spacial score (nSPS) is 18.9. The molecule has 0 spiro atoms. The van der Waals surface area contributed by atoms with E-state index in [4.69, 9.17) is 9.47 Å². The van der Waals surface area contributed by atoms with E-state index in [0.29, 0.717) is 5.75 Å². The van der Waals surface area contributed by atoms with E-state index in [2.05, 4.69) is 4.98 Å². The van der Waals surface area contributed by atoms with E-state index in [0.717, 1.165) is 31.6 Å². The number of nitrogens with zero attached hydrogens (tertiary/aromatic N) is 1. The highest BCUT2D eigenvalue weighted by Gasteiger charge is 2.24. The molecular formula is C14H21NO3. The molecule has 1 saturated heterocycles. The van der Waals surface area contributed by atoms with Crippen LogP contribution in [-0.2, 0) is 4.74 Å². The van der Waals surface area contributed by atoms with Crippen molar-refractivity contribution < 1.29 is 14.6 Å². The second-order valence-electron chi connectivity index (χ2n) is 5.02. The molecule has 0 aromatic carbocycles. The number of rotatable bonds is 4. The van der Waals surface area contributed by atoms with E-state index in [9.17, 15) is 5.11 Å². The fourth-order valence-electron chi connectivity index (χ4n) is 2.24. The van der Waals surface area contributed by atoms with Crippen LogP contribution in [0.15, 0.2) is 18.5 Å². The van der Waals surface area contributed by atoms with Crippen molar-refractivity contribution in [3.8, 4) is 5.75 Å². The van der Waals surface area contributed by atoms with Gasteiger partial charge in [0.1, 0.15) is 5.75 Å². The largest absolute Gasteiger partial charge is 0.489 e. The van der Waals surface area contributed by atoms with Gasteiger partial charge < -0.3 is 14.6 Å². The standard InChI is InChI=1S/C14H21NO3/c1-10(2)18-13-7-12(8-15-9-13)14(16)11-3-5-17-6-4-11/h7-11,14,16H,3-6H2,1-2H3. The third-order valence-corrected chi connectivity index (χ3v) is 3.16. The van der Waals surface area contributed by atoms with E-state index < -0.39 is 6.10 Å². The van der Waals surface area contributed by atoms with Crippen LogP contribution in [0, 0.1) is 5.92 Å². The molecule has 4 nitrogen and oxygen atoms in total. The van der Waals surface area contributed by atoms with Gasteiger partial charge in [0.25, 0.3) is 0 Å². The number of pyridine rings is 1. The highest BCUT2D eigenvalue weighted by Crippen LogP contribution is 2.30. The van der Waals surface area contributed by atoms with Crippen LogP contribution in [0.1, 0.15) is 38.4 Å². The van der Waals surface area contributed by atoms with Crippen molar-refractivity contribution in [2.24, 2.45) is 5.92 Å². The zero-order valence-corrected chi connectivity index (χ0v) is 11.0. The Kier molecular flexibility index (Phi) is 4.55. The average Bonchev–Trinajstić information content (AvgIpc) is 2.38. The smallest absolute Gasteiger partial charge is 0.138 e. The summed E-state index contributed by atoms with van der Waals surface area (Å²) >= 11 is 0. The summed E-state index contributed by atoms with van der Waals surface area (Å²) in [5.74, 6) is 0.975. The van der Waals surface area contributed by atoms with Crippen LogP contribution in [-0.4, -0.2) is 29.4 Å². The molecule has 1 aliphatic rings. The van der Waals surface area contributed by atoms with Crippen molar-refractivity contribution in [2.75, 3.05) is 13.2 Å². The molecule has 1 unspecified atom stereocenters. The fourth-order valence-corrected chi connectivity index (χ4v) is 2.24. The average molecular weight is 251 g/mol. The van der Waals surface area contributed by atoms with Gasteiger partial charge >= 0.3 is 0 Å². The van der Waals surface area contributed by atoms with Crippen LogP contribution in [0.4, 0.5) is 0 Å². The number of aliphatic hydroxyl groups is 1. The first kappa shape index (κ1) is 13.3. The van der Waals surface area contributed by atoms with Crippen molar-refractivity contribution in [3.63, 3.8) is 0 Å². The Hall–Kier alpha value is -1.13. The summed E-state index contributed by atoms with van der Waals surface area (Å²) in [7, 11) is 0. The zero-order chi connectivity index (χ0) is 13.0. The molecule has 1 N–H and O–H groups in total. The van der Waals surface area contributed by atoms with Crippen LogP contribution in [0.5, 0.6) is 5.75 Å². The minimum absolute atomic E-state index is 0.113. The molecule has 1 aromatic rings. The number of hydrogen-bond acceptors (Lipinski definition) is 4. The molecule has 1 aliphatic heterocycles. The first-order chi connectivity index (χ1) is 8.66. The van der Waals surface area contributed by atoms with Gasteiger partial charge in [0.05, 0.1) is 18.4 Å². The Balaban J connectivity index is 2.06. The van der Waals surface area contributed by atoms with E-state index in [1.165, 1.54) is 0 Å². The maximum atomic E-state index is 10.4. The second kappa shape index (κ2) is 6.16. The lowest BCUT2D eigenvalue weighted by atomic mass is 9.90. The lowest BCUT2D eigenvalue weighted by Gasteiger charge is -2.27. The van der Waals surface area contributed by atoms with Gasteiger partial charge in [0.15, 0.2) is 0 Å². The highest BCUT2D eigenvalue weighted by atomic mass is 16.5. The van der Waals surface area contributed by atoms with Crippen molar-refractivity contribution >= 4 is 0 Å². The van der Waals surface area contributed by atoms with Crippen LogP contribution < -0.4 is 4.74 Å². The third-order valence-electron chi connectivity index (χ3n) is 3.16. The molecule has 1 fully saturated rings. The van der Waals surface area contributed by atoms with E-state index in [1.807, 2.05) is 19.9 Å². The number of aromatic nitrogens is 1. The van der Waals surface area contributed by atoms with Gasteiger partial charge in [-0.2, -0.15) is 0 Å². The quantitative estimate of drug-likeness (QED) is 0.892. The zero-order valence-electron chi connectivity index (χ0n) is 11.0.